The Morgan fingerprint density at radius 1 is 1.32 bits per heavy atom. The molecule has 1 aromatic carbocycles. The van der Waals surface area contributed by atoms with Crippen LogP contribution in [0.15, 0.2) is 23.1 Å². The maximum absolute atomic E-state index is 13.6. The molecular formula is C12H12F4O2S. The van der Waals surface area contributed by atoms with E-state index in [1.54, 1.807) is 13.8 Å². The lowest BCUT2D eigenvalue weighted by Gasteiger charge is -2.16. The number of carbonyl (C=O) groups is 1. The first-order valence-electron chi connectivity index (χ1n) is 5.39. The first-order chi connectivity index (χ1) is 8.62. The minimum absolute atomic E-state index is 0.103. The minimum Gasteiger partial charge on any atom is -0.480 e. The van der Waals surface area contributed by atoms with E-state index in [1.165, 1.54) is 0 Å². The maximum atomic E-state index is 13.6. The van der Waals surface area contributed by atoms with Crippen molar-refractivity contribution in [1.82, 2.24) is 0 Å². The van der Waals surface area contributed by atoms with Gasteiger partial charge in [-0.05, 0) is 24.1 Å². The van der Waals surface area contributed by atoms with Gasteiger partial charge in [-0.3, -0.25) is 4.79 Å². The van der Waals surface area contributed by atoms with E-state index in [4.69, 9.17) is 5.11 Å². The molecule has 1 atom stereocenters. The topological polar surface area (TPSA) is 37.3 Å². The van der Waals surface area contributed by atoms with Gasteiger partial charge in [0.1, 0.15) is 11.1 Å². The first-order valence-corrected chi connectivity index (χ1v) is 6.27. The number of thioether (sulfide) groups is 1. The van der Waals surface area contributed by atoms with E-state index in [9.17, 15) is 22.4 Å². The van der Waals surface area contributed by atoms with E-state index < -0.39 is 28.8 Å². The average molecular weight is 296 g/mol. The third kappa shape index (κ3) is 4.12. The second kappa shape index (κ2) is 5.81. The number of benzene rings is 1. The van der Waals surface area contributed by atoms with Crippen molar-refractivity contribution in [3.63, 3.8) is 0 Å². The summed E-state index contributed by atoms with van der Waals surface area (Å²) in [7, 11) is 0. The molecule has 0 fully saturated rings. The molecule has 1 aromatic rings. The number of carboxylic acid groups (broad SMARTS) is 1. The van der Waals surface area contributed by atoms with Gasteiger partial charge in [-0.25, -0.2) is 4.39 Å². The number of aliphatic carboxylic acids is 1. The summed E-state index contributed by atoms with van der Waals surface area (Å²) in [6.45, 7) is 3.29. The quantitative estimate of drug-likeness (QED) is 0.673. The number of halogens is 4. The molecule has 0 aliphatic rings. The predicted molar refractivity (Wildman–Crippen MR) is 63.5 cm³/mol. The Balaban J connectivity index is 3.00. The largest absolute Gasteiger partial charge is 0.480 e. The van der Waals surface area contributed by atoms with E-state index in [0.717, 1.165) is 12.1 Å². The van der Waals surface area contributed by atoms with Crippen molar-refractivity contribution in [3.05, 3.63) is 29.6 Å². The van der Waals surface area contributed by atoms with Crippen molar-refractivity contribution in [3.8, 4) is 0 Å². The lowest BCUT2D eigenvalue weighted by atomic mass is 10.1. The highest BCUT2D eigenvalue weighted by atomic mass is 32.2. The smallest absolute Gasteiger partial charge is 0.416 e. The standard InChI is InChI=1S/C12H12F4O2S/c1-6(2)10(11(17)18)19-9-4-3-7(5-8(9)13)12(14,15)16/h3-6,10H,1-2H3,(H,17,18). The summed E-state index contributed by atoms with van der Waals surface area (Å²) < 4.78 is 50.6. The summed E-state index contributed by atoms with van der Waals surface area (Å²) in [5.74, 6) is -2.46. The third-order valence-corrected chi connectivity index (χ3v) is 3.95. The lowest BCUT2D eigenvalue weighted by Crippen LogP contribution is -2.22. The van der Waals surface area contributed by atoms with Crippen molar-refractivity contribution in [2.45, 2.75) is 30.2 Å². The van der Waals surface area contributed by atoms with E-state index >= 15 is 0 Å². The second-order valence-electron chi connectivity index (χ2n) is 4.26. The van der Waals surface area contributed by atoms with E-state index in [2.05, 4.69) is 0 Å². The highest BCUT2D eigenvalue weighted by molar-refractivity contribution is 8.00. The molecule has 7 heteroatoms. The Morgan fingerprint density at radius 3 is 2.26 bits per heavy atom. The molecule has 0 spiro atoms. The van der Waals surface area contributed by atoms with Crippen LogP contribution in [0.5, 0.6) is 0 Å². The van der Waals surface area contributed by atoms with Crippen molar-refractivity contribution >= 4 is 17.7 Å². The summed E-state index contributed by atoms with van der Waals surface area (Å²) in [6, 6.07) is 2.08. The van der Waals surface area contributed by atoms with Crippen LogP contribution in [0.3, 0.4) is 0 Å². The van der Waals surface area contributed by atoms with Crippen LogP contribution in [0, 0.1) is 11.7 Å². The molecule has 106 valence electrons. The van der Waals surface area contributed by atoms with E-state index in [1.807, 2.05) is 0 Å². The second-order valence-corrected chi connectivity index (χ2v) is 5.45. The van der Waals surface area contributed by atoms with Gasteiger partial charge in [0.25, 0.3) is 0 Å². The maximum Gasteiger partial charge on any atom is 0.416 e. The molecule has 0 heterocycles. The van der Waals surface area contributed by atoms with Crippen LogP contribution in [-0.2, 0) is 11.0 Å². The first kappa shape index (κ1) is 15.8. The molecule has 1 N–H and O–H groups in total. The minimum atomic E-state index is -4.62. The number of hydrogen-bond acceptors (Lipinski definition) is 2. The molecule has 1 rings (SSSR count). The Labute approximate surface area is 111 Å². The van der Waals surface area contributed by atoms with Crippen molar-refractivity contribution in [2.24, 2.45) is 5.92 Å². The fourth-order valence-electron chi connectivity index (χ4n) is 1.38. The zero-order valence-electron chi connectivity index (χ0n) is 10.2. The number of alkyl halides is 3. The van der Waals surface area contributed by atoms with Gasteiger partial charge in [-0.1, -0.05) is 13.8 Å². The Bertz CT molecular complexity index is 471. The Kier molecular flexibility index (Phi) is 4.84. The van der Waals surface area contributed by atoms with Crippen molar-refractivity contribution < 1.29 is 27.5 Å². The number of rotatable bonds is 4. The third-order valence-electron chi connectivity index (χ3n) is 2.36. The summed E-state index contributed by atoms with van der Waals surface area (Å²) in [6.07, 6.45) is -4.62. The summed E-state index contributed by atoms with van der Waals surface area (Å²) in [4.78, 5) is 10.9. The zero-order chi connectivity index (χ0) is 14.8. The molecule has 0 aromatic heterocycles. The molecule has 19 heavy (non-hydrogen) atoms. The molecule has 2 nitrogen and oxygen atoms in total. The van der Waals surface area contributed by atoms with Crippen LogP contribution < -0.4 is 0 Å². The molecule has 0 saturated carbocycles. The lowest BCUT2D eigenvalue weighted by molar-refractivity contribution is -0.138. The van der Waals surface area contributed by atoms with Crippen LogP contribution >= 0.6 is 11.8 Å². The monoisotopic (exact) mass is 296 g/mol. The van der Waals surface area contributed by atoms with Gasteiger partial charge in [0.15, 0.2) is 0 Å². The molecule has 0 aliphatic carbocycles. The molecule has 0 saturated heterocycles. The van der Waals surface area contributed by atoms with Gasteiger partial charge >= 0.3 is 12.1 Å². The van der Waals surface area contributed by atoms with E-state index in [0.29, 0.717) is 17.8 Å². The SMILES string of the molecule is CC(C)C(Sc1ccc(C(F)(F)F)cc1F)C(=O)O. The zero-order valence-corrected chi connectivity index (χ0v) is 11.0. The molecule has 0 aliphatic heterocycles. The molecule has 0 bridgehead atoms. The Hall–Kier alpha value is -1.24. The summed E-state index contributed by atoms with van der Waals surface area (Å²) >= 11 is 0.709. The number of carboxylic acids is 1. The van der Waals surface area contributed by atoms with Gasteiger partial charge < -0.3 is 5.11 Å². The van der Waals surface area contributed by atoms with Crippen LogP contribution in [0.4, 0.5) is 17.6 Å². The van der Waals surface area contributed by atoms with Crippen LogP contribution in [-0.4, -0.2) is 16.3 Å². The van der Waals surface area contributed by atoms with Crippen molar-refractivity contribution in [2.75, 3.05) is 0 Å². The average Bonchev–Trinajstić information content (AvgIpc) is 2.24. The highest BCUT2D eigenvalue weighted by Gasteiger charge is 2.32. The van der Waals surface area contributed by atoms with Crippen LogP contribution in [0.1, 0.15) is 19.4 Å². The summed E-state index contributed by atoms with van der Waals surface area (Å²) in [5, 5.41) is 8.05. The molecule has 0 radical (unpaired) electrons. The van der Waals surface area contributed by atoms with Gasteiger partial charge in [0.2, 0.25) is 0 Å². The molecule has 1 unspecified atom stereocenters. The highest BCUT2D eigenvalue weighted by Crippen LogP contribution is 2.35. The van der Waals surface area contributed by atoms with Gasteiger partial charge in [-0.15, -0.1) is 11.8 Å². The van der Waals surface area contributed by atoms with Gasteiger partial charge in [-0.2, -0.15) is 13.2 Å². The summed E-state index contributed by atoms with van der Waals surface area (Å²) in [5.41, 5.74) is -1.09. The van der Waals surface area contributed by atoms with Gasteiger partial charge in [0, 0.05) is 4.90 Å². The van der Waals surface area contributed by atoms with Crippen LogP contribution in [0.25, 0.3) is 0 Å². The predicted octanol–water partition coefficient (Wildman–Crippen LogP) is 4.05. The van der Waals surface area contributed by atoms with Gasteiger partial charge in [0.05, 0.1) is 5.56 Å². The Morgan fingerprint density at radius 2 is 1.89 bits per heavy atom. The van der Waals surface area contributed by atoms with Crippen LogP contribution in [0.2, 0.25) is 0 Å². The fourth-order valence-corrected chi connectivity index (χ4v) is 2.35. The number of hydrogen-bond donors (Lipinski definition) is 1. The van der Waals surface area contributed by atoms with E-state index in [-0.39, 0.29) is 10.8 Å². The molecular weight excluding hydrogens is 284 g/mol. The fraction of sp³-hybridized carbons (Fsp3) is 0.417. The normalized spacial score (nSPS) is 13.6. The van der Waals surface area contributed by atoms with Crippen molar-refractivity contribution in [1.29, 1.82) is 0 Å². The molecule has 0 amide bonds.